The third-order valence-corrected chi connectivity index (χ3v) is 3.58. The summed E-state index contributed by atoms with van der Waals surface area (Å²) in [6.45, 7) is 4.70. The van der Waals surface area contributed by atoms with Crippen molar-refractivity contribution in [3.8, 4) is 0 Å². The van der Waals surface area contributed by atoms with E-state index in [4.69, 9.17) is 5.73 Å². The molecule has 2 heteroatoms. The normalized spacial score (nSPS) is 10.7. The molecule has 0 unspecified atom stereocenters. The Balaban J connectivity index is 1.75. The average molecular weight is 268 g/mol. The lowest BCUT2D eigenvalue weighted by Crippen LogP contribution is -2.16. The summed E-state index contributed by atoms with van der Waals surface area (Å²) in [6.07, 6.45) is 2.18. The SMILES string of the molecule is CCc1ccc(CCNCc2cccc(CN)c2)cc1. The Kier molecular flexibility index (Phi) is 5.78. The molecule has 0 fully saturated rings. The third kappa shape index (κ3) is 4.48. The maximum absolute atomic E-state index is 5.65. The minimum atomic E-state index is 0.609. The summed E-state index contributed by atoms with van der Waals surface area (Å²) in [5.74, 6) is 0. The molecular weight excluding hydrogens is 244 g/mol. The van der Waals surface area contributed by atoms with E-state index in [0.29, 0.717) is 6.54 Å². The highest BCUT2D eigenvalue weighted by molar-refractivity contribution is 5.24. The van der Waals surface area contributed by atoms with Crippen LogP contribution in [0.5, 0.6) is 0 Å². The van der Waals surface area contributed by atoms with Crippen LogP contribution in [0.1, 0.15) is 29.2 Å². The molecule has 0 amide bonds. The van der Waals surface area contributed by atoms with Gasteiger partial charge in [-0.15, -0.1) is 0 Å². The third-order valence-electron chi connectivity index (χ3n) is 3.58. The van der Waals surface area contributed by atoms with Gasteiger partial charge in [0.15, 0.2) is 0 Å². The van der Waals surface area contributed by atoms with E-state index in [1.165, 1.54) is 22.3 Å². The highest BCUT2D eigenvalue weighted by Crippen LogP contribution is 2.06. The first kappa shape index (κ1) is 14.8. The quantitative estimate of drug-likeness (QED) is 0.757. The fourth-order valence-electron chi connectivity index (χ4n) is 2.27. The molecule has 20 heavy (non-hydrogen) atoms. The van der Waals surface area contributed by atoms with Gasteiger partial charge in [-0.1, -0.05) is 55.5 Å². The van der Waals surface area contributed by atoms with Crippen LogP contribution in [0.2, 0.25) is 0 Å². The van der Waals surface area contributed by atoms with E-state index in [1.807, 2.05) is 0 Å². The van der Waals surface area contributed by atoms with Crippen LogP contribution in [0.15, 0.2) is 48.5 Å². The fourth-order valence-corrected chi connectivity index (χ4v) is 2.27. The van der Waals surface area contributed by atoms with Crippen molar-refractivity contribution in [1.29, 1.82) is 0 Å². The molecule has 2 rings (SSSR count). The smallest absolute Gasteiger partial charge is 0.0205 e. The van der Waals surface area contributed by atoms with Crippen LogP contribution in [0.4, 0.5) is 0 Å². The topological polar surface area (TPSA) is 38.0 Å². The first-order chi connectivity index (χ1) is 9.81. The zero-order valence-corrected chi connectivity index (χ0v) is 12.2. The Bertz CT molecular complexity index is 517. The molecule has 2 aromatic rings. The Morgan fingerprint density at radius 1 is 0.900 bits per heavy atom. The molecule has 106 valence electrons. The van der Waals surface area contributed by atoms with Crippen LogP contribution >= 0.6 is 0 Å². The largest absolute Gasteiger partial charge is 0.326 e. The van der Waals surface area contributed by atoms with Gasteiger partial charge in [0, 0.05) is 13.1 Å². The van der Waals surface area contributed by atoms with Crippen molar-refractivity contribution in [1.82, 2.24) is 5.32 Å². The van der Waals surface area contributed by atoms with E-state index in [0.717, 1.165) is 25.9 Å². The average Bonchev–Trinajstić information content (AvgIpc) is 2.52. The van der Waals surface area contributed by atoms with Gasteiger partial charge in [-0.3, -0.25) is 0 Å². The molecule has 0 spiro atoms. The van der Waals surface area contributed by atoms with Gasteiger partial charge < -0.3 is 11.1 Å². The first-order valence-corrected chi connectivity index (χ1v) is 7.38. The van der Waals surface area contributed by atoms with Crippen molar-refractivity contribution in [2.45, 2.75) is 32.9 Å². The second kappa shape index (κ2) is 7.83. The number of nitrogens with two attached hydrogens (primary N) is 1. The highest BCUT2D eigenvalue weighted by Gasteiger charge is 1.96. The summed E-state index contributed by atoms with van der Waals surface area (Å²) in [6, 6.07) is 17.4. The van der Waals surface area contributed by atoms with E-state index in [-0.39, 0.29) is 0 Å². The molecular formula is C18H24N2. The second-order valence-electron chi connectivity index (χ2n) is 5.12. The maximum Gasteiger partial charge on any atom is 0.0205 e. The number of aryl methyl sites for hydroxylation is 1. The molecule has 0 aliphatic carbocycles. The Morgan fingerprint density at radius 3 is 2.30 bits per heavy atom. The predicted octanol–water partition coefficient (Wildman–Crippen LogP) is 3.04. The standard InChI is InChI=1S/C18H24N2/c1-2-15-6-8-16(9-7-15)10-11-20-14-18-5-3-4-17(12-18)13-19/h3-9,12,20H,2,10-11,13-14,19H2,1H3. The van der Waals surface area contributed by atoms with Gasteiger partial charge in [-0.05, 0) is 41.6 Å². The molecule has 0 atom stereocenters. The molecule has 0 saturated heterocycles. The van der Waals surface area contributed by atoms with Gasteiger partial charge in [0.2, 0.25) is 0 Å². The lowest BCUT2D eigenvalue weighted by Gasteiger charge is -2.07. The Hall–Kier alpha value is -1.64. The Labute approximate surface area is 122 Å². The van der Waals surface area contributed by atoms with Crippen LogP contribution in [0.3, 0.4) is 0 Å². The summed E-state index contributed by atoms with van der Waals surface area (Å²) < 4.78 is 0. The van der Waals surface area contributed by atoms with Crippen LogP contribution in [-0.2, 0) is 25.9 Å². The van der Waals surface area contributed by atoms with Gasteiger partial charge in [-0.2, -0.15) is 0 Å². The fraction of sp³-hybridized carbons (Fsp3) is 0.333. The minimum Gasteiger partial charge on any atom is -0.326 e. The summed E-state index contributed by atoms with van der Waals surface area (Å²) in [7, 11) is 0. The summed E-state index contributed by atoms with van der Waals surface area (Å²) in [5.41, 5.74) is 10.9. The molecule has 3 N–H and O–H groups in total. The van der Waals surface area contributed by atoms with Crippen molar-refractivity contribution in [3.05, 3.63) is 70.8 Å². The van der Waals surface area contributed by atoms with Crippen molar-refractivity contribution in [2.24, 2.45) is 5.73 Å². The van der Waals surface area contributed by atoms with Crippen molar-refractivity contribution in [3.63, 3.8) is 0 Å². The van der Waals surface area contributed by atoms with Crippen LogP contribution < -0.4 is 11.1 Å². The van der Waals surface area contributed by atoms with Crippen molar-refractivity contribution < 1.29 is 0 Å². The number of hydrogen-bond donors (Lipinski definition) is 2. The van der Waals surface area contributed by atoms with Gasteiger partial charge in [0.25, 0.3) is 0 Å². The summed E-state index contributed by atoms with van der Waals surface area (Å²) in [4.78, 5) is 0. The van der Waals surface area contributed by atoms with Crippen LogP contribution in [-0.4, -0.2) is 6.54 Å². The Morgan fingerprint density at radius 2 is 1.60 bits per heavy atom. The van der Waals surface area contributed by atoms with Crippen molar-refractivity contribution in [2.75, 3.05) is 6.54 Å². The van der Waals surface area contributed by atoms with E-state index in [9.17, 15) is 0 Å². The molecule has 0 aromatic heterocycles. The van der Waals surface area contributed by atoms with Crippen molar-refractivity contribution >= 4 is 0 Å². The zero-order valence-electron chi connectivity index (χ0n) is 12.2. The molecule has 2 aromatic carbocycles. The molecule has 2 nitrogen and oxygen atoms in total. The summed E-state index contributed by atoms with van der Waals surface area (Å²) in [5, 5.41) is 3.49. The number of nitrogens with one attached hydrogen (secondary N) is 1. The predicted molar refractivity (Wildman–Crippen MR) is 85.6 cm³/mol. The number of benzene rings is 2. The molecule has 0 saturated carbocycles. The summed E-state index contributed by atoms with van der Waals surface area (Å²) >= 11 is 0. The molecule has 0 aliphatic rings. The first-order valence-electron chi connectivity index (χ1n) is 7.38. The molecule has 0 radical (unpaired) electrons. The lowest BCUT2D eigenvalue weighted by molar-refractivity contribution is 0.686. The van der Waals surface area contributed by atoms with Crippen LogP contribution in [0, 0.1) is 0 Å². The van der Waals surface area contributed by atoms with E-state index >= 15 is 0 Å². The lowest BCUT2D eigenvalue weighted by atomic mass is 10.1. The monoisotopic (exact) mass is 268 g/mol. The van der Waals surface area contributed by atoms with E-state index < -0.39 is 0 Å². The van der Waals surface area contributed by atoms with Gasteiger partial charge in [-0.25, -0.2) is 0 Å². The van der Waals surface area contributed by atoms with Gasteiger partial charge in [0.1, 0.15) is 0 Å². The van der Waals surface area contributed by atoms with E-state index in [1.54, 1.807) is 0 Å². The van der Waals surface area contributed by atoms with Gasteiger partial charge >= 0.3 is 0 Å². The van der Waals surface area contributed by atoms with E-state index in [2.05, 4.69) is 60.8 Å². The minimum absolute atomic E-state index is 0.609. The molecule has 0 aliphatic heterocycles. The number of rotatable bonds is 7. The number of hydrogen-bond acceptors (Lipinski definition) is 2. The maximum atomic E-state index is 5.65. The molecule has 0 bridgehead atoms. The highest BCUT2D eigenvalue weighted by atomic mass is 14.8. The molecule has 0 heterocycles. The van der Waals surface area contributed by atoms with Crippen LogP contribution in [0.25, 0.3) is 0 Å². The second-order valence-corrected chi connectivity index (χ2v) is 5.12. The van der Waals surface area contributed by atoms with Gasteiger partial charge in [0.05, 0.1) is 0 Å². The zero-order chi connectivity index (χ0) is 14.2.